The van der Waals surface area contributed by atoms with Gasteiger partial charge in [-0.25, -0.2) is 14.4 Å². The molecular weight excluding hydrogens is 375 g/mol. The van der Waals surface area contributed by atoms with Crippen molar-refractivity contribution in [3.05, 3.63) is 59.2 Å². The molecule has 5 heteroatoms. The molecule has 0 atom stereocenters. The van der Waals surface area contributed by atoms with Gasteiger partial charge in [0.15, 0.2) is 0 Å². The lowest BCUT2D eigenvalue weighted by Gasteiger charge is -2.19. The molecule has 0 unspecified atom stereocenters. The predicted octanol–water partition coefficient (Wildman–Crippen LogP) is 6.52. The van der Waals surface area contributed by atoms with Crippen LogP contribution in [0.25, 0.3) is 22.3 Å². The van der Waals surface area contributed by atoms with Crippen molar-refractivity contribution in [3.8, 4) is 22.3 Å². The average molecular weight is 407 g/mol. The summed E-state index contributed by atoms with van der Waals surface area (Å²) in [5.41, 5.74) is 5.83. The fourth-order valence-electron chi connectivity index (χ4n) is 3.74. The van der Waals surface area contributed by atoms with Gasteiger partial charge in [-0.05, 0) is 95.0 Å². The van der Waals surface area contributed by atoms with Crippen LogP contribution in [0.2, 0.25) is 0 Å². The van der Waals surface area contributed by atoms with Crippen molar-refractivity contribution in [2.75, 3.05) is 10.6 Å². The second kappa shape index (κ2) is 8.82. The molecule has 4 nitrogen and oxygen atoms in total. The van der Waals surface area contributed by atoms with Gasteiger partial charge in [-0.3, -0.25) is 0 Å². The van der Waals surface area contributed by atoms with Gasteiger partial charge < -0.3 is 10.6 Å². The third-order valence-corrected chi connectivity index (χ3v) is 5.21. The number of aromatic nitrogens is 2. The molecule has 158 valence electrons. The minimum Gasteiger partial charge on any atom is -0.368 e. The lowest BCUT2D eigenvalue weighted by molar-refractivity contribution is 0.621. The summed E-state index contributed by atoms with van der Waals surface area (Å²) in [5.74, 6) is 1.40. The minimum absolute atomic E-state index is 0.205. The van der Waals surface area contributed by atoms with Crippen molar-refractivity contribution in [2.45, 2.75) is 60.5 Å². The lowest BCUT2D eigenvalue weighted by Crippen LogP contribution is -2.11. The Morgan fingerprint density at radius 3 is 1.50 bits per heavy atom. The summed E-state index contributed by atoms with van der Waals surface area (Å²) in [6, 6.07) is 8.37. The topological polar surface area (TPSA) is 49.8 Å². The molecule has 0 fully saturated rings. The first-order chi connectivity index (χ1) is 14.2. The summed E-state index contributed by atoms with van der Waals surface area (Å²) in [6.07, 6.45) is 3.55. The van der Waals surface area contributed by atoms with E-state index in [1.165, 1.54) is 0 Å². The Balaban J connectivity index is 2.04. The smallest absolute Gasteiger partial charge is 0.134 e. The molecule has 0 saturated heterocycles. The number of hydrogen-bond donors (Lipinski definition) is 2. The van der Waals surface area contributed by atoms with Gasteiger partial charge in [0.1, 0.15) is 17.5 Å². The molecule has 3 rings (SSSR count). The van der Waals surface area contributed by atoms with E-state index in [0.29, 0.717) is 23.2 Å². The second-order valence-electron chi connectivity index (χ2n) is 8.40. The lowest BCUT2D eigenvalue weighted by atomic mass is 9.87. The zero-order valence-corrected chi connectivity index (χ0v) is 18.9. The zero-order chi connectivity index (χ0) is 22.0. The molecule has 0 aliphatic carbocycles. The van der Waals surface area contributed by atoms with E-state index in [2.05, 4.69) is 48.3 Å². The Labute approximate surface area is 179 Å². The number of nitrogens with one attached hydrogen (secondary N) is 2. The normalized spacial score (nSPS) is 11.3. The van der Waals surface area contributed by atoms with E-state index in [9.17, 15) is 0 Å². The highest BCUT2D eigenvalue weighted by atomic mass is 19.1. The first kappa shape index (κ1) is 21.8. The van der Waals surface area contributed by atoms with Crippen LogP contribution in [-0.4, -0.2) is 22.1 Å². The highest BCUT2D eigenvalue weighted by Crippen LogP contribution is 2.38. The van der Waals surface area contributed by atoms with Crippen LogP contribution >= 0.6 is 0 Å². The number of halogens is 1. The van der Waals surface area contributed by atoms with E-state index in [1.54, 1.807) is 6.20 Å². The van der Waals surface area contributed by atoms with Crippen LogP contribution in [0.3, 0.4) is 0 Å². The van der Waals surface area contributed by atoms with Crippen LogP contribution in [0, 0.1) is 26.6 Å². The third-order valence-electron chi connectivity index (χ3n) is 5.21. The monoisotopic (exact) mass is 406 g/mol. The average Bonchev–Trinajstić information content (AvgIpc) is 2.68. The number of pyridine rings is 2. The molecule has 0 saturated carbocycles. The molecule has 0 amide bonds. The molecule has 2 heterocycles. The zero-order valence-electron chi connectivity index (χ0n) is 18.9. The summed E-state index contributed by atoms with van der Waals surface area (Å²) in [4.78, 5) is 8.96. The van der Waals surface area contributed by atoms with Crippen molar-refractivity contribution < 1.29 is 4.39 Å². The van der Waals surface area contributed by atoms with Gasteiger partial charge in [0.05, 0.1) is 0 Å². The number of hydrogen-bond acceptors (Lipinski definition) is 4. The van der Waals surface area contributed by atoms with Crippen molar-refractivity contribution in [1.29, 1.82) is 0 Å². The first-order valence-corrected chi connectivity index (χ1v) is 10.4. The van der Waals surface area contributed by atoms with Crippen LogP contribution in [0.4, 0.5) is 16.0 Å². The number of nitrogens with zero attached hydrogens (tertiary/aromatic N) is 2. The summed E-state index contributed by atoms with van der Waals surface area (Å²) >= 11 is 0. The van der Waals surface area contributed by atoms with Crippen LogP contribution in [0.5, 0.6) is 0 Å². The Bertz CT molecular complexity index is 909. The summed E-state index contributed by atoms with van der Waals surface area (Å²) in [6.45, 7) is 14.1. The second-order valence-corrected chi connectivity index (χ2v) is 8.40. The fraction of sp³-hybridized carbons (Fsp3) is 0.360. The molecule has 0 spiro atoms. The maximum absolute atomic E-state index is 15.6. The Morgan fingerprint density at radius 2 is 1.10 bits per heavy atom. The maximum atomic E-state index is 15.6. The number of benzene rings is 1. The Kier molecular flexibility index (Phi) is 6.40. The molecule has 0 bridgehead atoms. The van der Waals surface area contributed by atoms with Crippen molar-refractivity contribution in [3.63, 3.8) is 0 Å². The van der Waals surface area contributed by atoms with Gasteiger partial charge >= 0.3 is 0 Å². The highest BCUT2D eigenvalue weighted by molar-refractivity contribution is 5.80. The predicted molar refractivity (Wildman–Crippen MR) is 125 cm³/mol. The maximum Gasteiger partial charge on any atom is 0.134 e. The van der Waals surface area contributed by atoms with Crippen LogP contribution in [-0.2, 0) is 0 Å². The van der Waals surface area contributed by atoms with Gasteiger partial charge in [0.2, 0.25) is 0 Å². The van der Waals surface area contributed by atoms with Crippen LogP contribution in [0.1, 0.15) is 44.4 Å². The Morgan fingerprint density at radius 1 is 0.667 bits per heavy atom. The summed E-state index contributed by atoms with van der Waals surface area (Å²) in [7, 11) is 0. The minimum atomic E-state index is -0.205. The molecule has 2 N–H and O–H groups in total. The molecule has 1 aromatic carbocycles. The summed E-state index contributed by atoms with van der Waals surface area (Å²) in [5, 5.41) is 6.55. The van der Waals surface area contributed by atoms with Gasteiger partial charge in [-0.15, -0.1) is 0 Å². The van der Waals surface area contributed by atoms with E-state index in [1.807, 2.05) is 51.2 Å². The van der Waals surface area contributed by atoms with Crippen molar-refractivity contribution in [1.82, 2.24) is 9.97 Å². The molecule has 0 aliphatic rings. The SMILES string of the molecule is Cc1c(C)c(-c2ccc(NC(C)C)nc2)c(F)c(C)c1-c1ccc(NC(C)C)nc1. The molecule has 0 aliphatic heterocycles. The van der Waals surface area contributed by atoms with Gasteiger partial charge in [0.25, 0.3) is 0 Å². The van der Waals surface area contributed by atoms with E-state index in [4.69, 9.17) is 0 Å². The van der Waals surface area contributed by atoms with Crippen LogP contribution in [0.15, 0.2) is 36.7 Å². The third kappa shape index (κ3) is 4.45. The van der Waals surface area contributed by atoms with Crippen molar-refractivity contribution >= 4 is 11.6 Å². The van der Waals surface area contributed by atoms with E-state index < -0.39 is 0 Å². The number of rotatable bonds is 6. The van der Waals surface area contributed by atoms with E-state index in [-0.39, 0.29) is 5.82 Å². The van der Waals surface area contributed by atoms with E-state index >= 15 is 4.39 Å². The Hall–Kier alpha value is -2.95. The van der Waals surface area contributed by atoms with Gasteiger partial charge in [-0.2, -0.15) is 0 Å². The standard InChI is InChI=1S/C25H31FN4/c1-14(2)29-21-10-8-19(12-27-21)23-16(5)17(6)24(25(26)18(23)7)20-9-11-22(28-13-20)30-15(3)4/h8-15H,1-7H3,(H,27,29)(H,28,30). The summed E-state index contributed by atoms with van der Waals surface area (Å²) < 4.78 is 15.6. The quantitative estimate of drug-likeness (QED) is 0.489. The first-order valence-electron chi connectivity index (χ1n) is 10.4. The fourth-order valence-corrected chi connectivity index (χ4v) is 3.74. The van der Waals surface area contributed by atoms with Crippen molar-refractivity contribution in [2.24, 2.45) is 0 Å². The molecule has 0 radical (unpaired) electrons. The molecule has 3 aromatic rings. The highest BCUT2D eigenvalue weighted by Gasteiger charge is 2.20. The molecular formula is C25H31FN4. The largest absolute Gasteiger partial charge is 0.368 e. The molecule has 2 aromatic heterocycles. The van der Waals surface area contributed by atoms with Gasteiger partial charge in [-0.1, -0.05) is 0 Å². The van der Waals surface area contributed by atoms with Gasteiger partial charge in [0, 0.05) is 41.2 Å². The van der Waals surface area contributed by atoms with Crippen LogP contribution < -0.4 is 10.6 Å². The van der Waals surface area contributed by atoms with E-state index in [0.717, 1.165) is 39.5 Å². The number of anilines is 2. The molecule has 30 heavy (non-hydrogen) atoms.